The number of halogens is 7. The molecule has 1 aliphatic carbocycles. The summed E-state index contributed by atoms with van der Waals surface area (Å²) in [5.74, 6) is -0.593. The van der Waals surface area contributed by atoms with Gasteiger partial charge < -0.3 is 20.1 Å². The van der Waals surface area contributed by atoms with Gasteiger partial charge in [0.2, 0.25) is 12.8 Å². The van der Waals surface area contributed by atoms with Crippen molar-refractivity contribution in [2.45, 2.75) is 79.9 Å². The number of rotatable bonds is 12. The molecule has 0 atom stereocenters. The molecule has 14 heteroatoms. The summed E-state index contributed by atoms with van der Waals surface area (Å²) >= 11 is 6.08. The molecule has 0 saturated heterocycles. The first-order valence-corrected chi connectivity index (χ1v) is 14.9. The van der Waals surface area contributed by atoms with Crippen LogP contribution in [0.2, 0.25) is 5.02 Å². The molecule has 7 nitrogen and oxygen atoms in total. The van der Waals surface area contributed by atoms with Crippen molar-refractivity contribution in [3.05, 3.63) is 58.3 Å². The molecule has 0 radical (unpaired) electrons. The Morgan fingerprint density at radius 1 is 1.02 bits per heavy atom. The van der Waals surface area contributed by atoms with Gasteiger partial charge in [0, 0.05) is 26.3 Å². The zero-order chi connectivity index (χ0) is 35.8. The Labute approximate surface area is 280 Å². The third-order valence-electron chi connectivity index (χ3n) is 6.46. The van der Waals surface area contributed by atoms with Gasteiger partial charge in [-0.1, -0.05) is 70.2 Å². The van der Waals surface area contributed by atoms with Crippen molar-refractivity contribution in [1.82, 2.24) is 10.6 Å². The Morgan fingerprint density at radius 3 is 2.06 bits per heavy atom. The molecule has 2 N–H and O–H groups in total. The van der Waals surface area contributed by atoms with Gasteiger partial charge in [0.15, 0.2) is 5.78 Å². The number of allylic oxidation sites excluding steroid dienone is 2. The number of carbonyl (C=O) groups excluding carboxylic acids is 3. The van der Waals surface area contributed by atoms with E-state index >= 15 is 0 Å². The number of hydrogen-bond acceptors (Lipinski definition) is 5. The monoisotopic (exact) mass is 704 g/mol. The Morgan fingerprint density at radius 2 is 1.60 bits per heavy atom. The van der Waals surface area contributed by atoms with Crippen LogP contribution in [-0.4, -0.2) is 64.7 Å². The number of amides is 2. The molecule has 0 spiro atoms. The largest absolute Gasteiger partial charge is 0.491 e. The highest BCUT2D eigenvalue weighted by Crippen LogP contribution is 2.37. The van der Waals surface area contributed by atoms with Crippen LogP contribution in [0.25, 0.3) is 0 Å². The van der Waals surface area contributed by atoms with Crippen molar-refractivity contribution < 1.29 is 50.2 Å². The van der Waals surface area contributed by atoms with Crippen LogP contribution in [0.4, 0.5) is 26.3 Å². The Bertz CT molecular complexity index is 1090. The lowest BCUT2D eigenvalue weighted by Gasteiger charge is -2.26. The third kappa shape index (κ3) is 21.4. The van der Waals surface area contributed by atoms with Crippen LogP contribution < -0.4 is 10.6 Å². The summed E-state index contributed by atoms with van der Waals surface area (Å²) < 4.78 is 78.0. The van der Waals surface area contributed by atoms with E-state index in [-0.39, 0.29) is 43.5 Å². The quantitative estimate of drug-likeness (QED) is 0.0747. The number of benzene rings is 1. The molecule has 1 saturated carbocycles. The number of ether oxygens (including phenoxy) is 2. The van der Waals surface area contributed by atoms with E-state index in [4.69, 9.17) is 21.1 Å². The van der Waals surface area contributed by atoms with Crippen LogP contribution in [0.5, 0.6) is 0 Å². The van der Waals surface area contributed by atoms with Crippen LogP contribution in [0.1, 0.15) is 83.1 Å². The maximum Gasteiger partial charge on any atom is 0.402 e. The van der Waals surface area contributed by atoms with E-state index in [1.807, 2.05) is 0 Å². The molecule has 2 rings (SSSR count). The second-order valence-electron chi connectivity index (χ2n) is 10.6. The smallest absolute Gasteiger partial charge is 0.402 e. The molecule has 1 aromatic carbocycles. The van der Waals surface area contributed by atoms with E-state index in [2.05, 4.69) is 17.6 Å². The first kappa shape index (κ1) is 48.3. The maximum atomic E-state index is 13.0. The van der Waals surface area contributed by atoms with E-state index < -0.39 is 30.3 Å². The highest BCUT2D eigenvalue weighted by atomic mass is 35.5. The fourth-order valence-corrected chi connectivity index (χ4v) is 3.90. The van der Waals surface area contributed by atoms with Crippen LogP contribution in [0.3, 0.4) is 0 Å². The number of alkyl halides is 6. The van der Waals surface area contributed by atoms with Gasteiger partial charge >= 0.3 is 6.18 Å². The zero-order valence-corrected chi connectivity index (χ0v) is 28.1. The zero-order valence-electron chi connectivity index (χ0n) is 27.3. The number of carbonyl (C=O) groups is 3. The molecule has 0 unspecified atom stereocenters. The molecule has 1 aliphatic rings. The molecule has 0 heterocycles. The van der Waals surface area contributed by atoms with Gasteiger partial charge in [-0.15, -0.1) is 0 Å². The predicted octanol–water partition coefficient (Wildman–Crippen LogP) is 8.66. The SMILES string of the molecule is C.CC1CCCCC1.CF.COCCOC(/C=C\CNC(=O)c1cc(CNC(=O)C(C)(C)C(F)(F)F)ccc1Cl)=C\C(C)=O.FCF. The third-order valence-corrected chi connectivity index (χ3v) is 6.79. The normalized spacial score (nSPS) is 13.3. The van der Waals surface area contributed by atoms with Crippen molar-refractivity contribution in [1.29, 1.82) is 0 Å². The minimum atomic E-state index is -4.70. The van der Waals surface area contributed by atoms with Crippen molar-refractivity contribution in [3.63, 3.8) is 0 Å². The molecular formula is C33H51ClF6N2O5. The van der Waals surface area contributed by atoms with Gasteiger partial charge in [-0.3, -0.25) is 18.8 Å². The standard InChI is InChI=1S/C23H28ClF3N2O5.C7H14.CH2F2.CH3F.CH4/c1-15(30)12-17(34-11-10-33-4)6-5-9-28-20(31)18-13-16(7-8-19(18)24)14-29-21(32)22(2,3)23(25,26)27;1-7-5-3-2-4-6-7;2-1-3;1-2;/h5-8,12-13H,9-11,14H2,1-4H3,(H,28,31)(H,29,32);7H,2-6H2,1H3;1H2;1H3;1H4/b6-5-,17-12-;;;;. The first-order valence-electron chi connectivity index (χ1n) is 14.5. The second-order valence-corrected chi connectivity index (χ2v) is 11.0. The molecule has 272 valence electrons. The van der Waals surface area contributed by atoms with E-state index in [0.717, 1.165) is 19.8 Å². The maximum absolute atomic E-state index is 13.0. The highest BCUT2D eigenvalue weighted by molar-refractivity contribution is 6.33. The van der Waals surface area contributed by atoms with Gasteiger partial charge in [0.25, 0.3) is 5.91 Å². The van der Waals surface area contributed by atoms with E-state index in [1.54, 1.807) is 6.08 Å². The molecule has 1 aromatic rings. The lowest BCUT2D eigenvalue weighted by Crippen LogP contribution is -2.46. The summed E-state index contributed by atoms with van der Waals surface area (Å²) in [4.78, 5) is 35.8. The summed E-state index contributed by atoms with van der Waals surface area (Å²) in [6.45, 7) is 4.00. The summed E-state index contributed by atoms with van der Waals surface area (Å²) in [6.07, 6.45) is 7.11. The Balaban J connectivity index is -0.00000126. The summed E-state index contributed by atoms with van der Waals surface area (Å²) in [5.41, 5.74) is -2.07. The number of methoxy groups -OCH3 is 1. The van der Waals surface area contributed by atoms with Crippen LogP contribution in [0.15, 0.2) is 42.2 Å². The summed E-state index contributed by atoms with van der Waals surface area (Å²) in [7, 11) is 2.01. The van der Waals surface area contributed by atoms with Crippen LogP contribution in [-0.2, 0) is 25.6 Å². The summed E-state index contributed by atoms with van der Waals surface area (Å²) in [5, 5.41) is 4.98. The predicted molar refractivity (Wildman–Crippen MR) is 174 cm³/mol. The number of ketones is 1. The van der Waals surface area contributed by atoms with Gasteiger partial charge in [-0.2, -0.15) is 13.2 Å². The average molecular weight is 705 g/mol. The molecule has 0 aromatic heterocycles. The lowest BCUT2D eigenvalue weighted by atomic mass is 9.91. The lowest BCUT2D eigenvalue weighted by molar-refractivity contribution is -0.211. The molecule has 0 bridgehead atoms. The molecule has 47 heavy (non-hydrogen) atoms. The minimum Gasteiger partial charge on any atom is -0.491 e. The van der Waals surface area contributed by atoms with Crippen molar-refractivity contribution in [2.24, 2.45) is 11.3 Å². The first-order chi connectivity index (χ1) is 21.6. The average Bonchev–Trinajstić information content (AvgIpc) is 3.00. The van der Waals surface area contributed by atoms with E-state index in [0.29, 0.717) is 25.1 Å². The van der Waals surface area contributed by atoms with Crippen molar-refractivity contribution >= 4 is 29.2 Å². The fourth-order valence-electron chi connectivity index (χ4n) is 3.70. The van der Waals surface area contributed by atoms with Gasteiger partial charge in [0.05, 0.1) is 24.4 Å². The van der Waals surface area contributed by atoms with Crippen molar-refractivity contribution in [3.8, 4) is 0 Å². The number of nitrogens with one attached hydrogen (secondary N) is 2. The van der Waals surface area contributed by atoms with Gasteiger partial charge in [-0.25, -0.2) is 8.78 Å². The second kappa shape index (κ2) is 26.9. The topological polar surface area (TPSA) is 93.7 Å². The van der Waals surface area contributed by atoms with Gasteiger partial charge in [0.1, 0.15) is 17.8 Å². The number of hydrogen-bond donors (Lipinski definition) is 2. The molecule has 0 aliphatic heterocycles. The Kier molecular flexibility index (Phi) is 27.7. The highest BCUT2D eigenvalue weighted by Gasteiger charge is 2.52. The fraction of sp³-hybridized carbons (Fsp3) is 0.606. The van der Waals surface area contributed by atoms with E-state index in [1.165, 1.54) is 76.5 Å². The van der Waals surface area contributed by atoms with Crippen molar-refractivity contribution in [2.75, 3.05) is 41.0 Å². The molecule has 2 amide bonds. The van der Waals surface area contributed by atoms with Crippen LogP contribution >= 0.6 is 11.6 Å². The minimum absolute atomic E-state index is 0. The van der Waals surface area contributed by atoms with Crippen LogP contribution in [0, 0.1) is 11.3 Å². The molecular weight excluding hydrogens is 654 g/mol. The van der Waals surface area contributed by atoms with Gasteiger partial charge in [-0.05, 0) is 50.5 Å². The van der Waals surface area contributed by atoms with E-state index in [9.17, 15) is 40.7 Å². The Hall–Kier alpha value is -3.06. The summed E-state index contributed by atoms with van der Waals surface area (Å²) in [6, 6.07) is 4.30. The molecule has 1 fully saturated rings.